The highest BCUT2D eigenvalue weighted by Gasteiger charge is 2.26. The molecule has 2 unspecified atom stereocenters. The molecule has 1 fully saturated rings. The third-order valence-electron chi connectivity index (χ3n) is 4.00. The number of aliphatic hydroxyl groups is 1. The Kier molecular flexibility index (Phi) is 4.17. The molecule has 2 atom stereocenters. The van der Waals surface area contributed by atoms with Crippen molar-refractivity contribution in [2.24, 2.45) is 5.92 Å². The molecule has 1 aromatic carbocycles. The second-order valence-electron chi connectivity index (χ2n) is 5.34. The number of nitro benzene ring substituents is 1. The maximum absolute atomic E-state index is 10.9. The van der Waals surface area contributed by atoms with Gasteiger partial charge < -0.3 is 5.11 Å². The van der Waals surface area contributed by atoms with Crippen LogP contribution in [-0.4, -0.2) is 34.1 Å². The van der Waals surface area contributed by atoms with Crippen LogP contribution in [0.2, 0.25) is 0 Å². The van der Waals surface area contributed by atoms with Crippen molar-refractivity contribution in [2.75, 3.05) is 13.1 Å². The van der Waals surface area contributed by atoms with Crippen LogP contribution in [0.25, 0.3) is 0 Å². The molecular formula is C14H20N2O3. The molecule has 0 saturated carbocycles. The molecule has 1 aliphatic heterocycles. The molecule has 2 rings (SSSR count). The molecule has 0 aromatic heterocycles. The van der Waals surface area contributed by atoms with Gasteiger partial charge in [0, 0.05) is 24.7 Å². The van der Waals surface area contributed by atoms with Crippen molar-refractivity contribution >= 4 is 5.69 Å². The Morgan fingerprint density at radius 3 is 2.89 bits per heavy atom. The van der Waals surface area contributed by atoms with E-state index in [4.69, 9.17) is 0 Å². The summed E-state index contributed by atoms with van der Waals surface area (Å²) >= 11 is 0. The van der Waals surface area contributed by atoms with Crippen LogP contribution < -0.4 is 0 Å². The first-order valence-corrected chi connectivity index (χ1v) is 6.62. The van der Waals surface area contributed by atoms with Crippen LogP contribution in [0, 0.1) is 23.0 Å². The smallest absolute Gasteiger partial charge is 0.272 e. The predicted molar refractivity (Wildman–Crippen MR) is 72.9 cm³/mol. The number of hydrogen-bond donors (Lipinski definition) is 1. The minimum atomic E-state index is -0.332. The van der Waals surface area contributed by atoms with Gasteiger partial charge in [0.15, 0.2) is 0 Å². The summed E-state index contributed by atoms with van der Waals surface area (Å²) in [5.41, 5.74) is 1.93. The van der Waals surface area contributed by atoms with Gasteiger partial charge in [-0.15, -0.1) is 0 Å². The Hall–Kier alpha value is -1.46. The van der Waals surface area contributed by atoms with Crippen molar-refractivity contribution in [1.82, 2.24) is 4.90 Å². The fourth-order valence-electron chi connectivity index (χ4n) is 2.68. The molecule has 1 heterocycles. The lowest BCUT2D eigenvalue weighted by atomic mass is 10.0. The Morgan fingerprint density at radius 1 is 1.58 bits per heavy atom. The van der Waals surface area contributed by atoms with Crippen LogP contribution in [0.3, 0.4) is 0 Å². The number of aliphatic hydroxyl groups excluding tert-OH is 1. The van der Waals surface area contributed by atoms with E-state index < -0.39 is 0 Å². The van der Waals surface area contributed by atoms with Gasteiger partial charge in [-0.1, -0.05) is 12.1 Å². The van der Waals surface area contributed by atoms with E-state index in [9.17, 15) is 15.2 Å². The van der Waals surface area contributed by atoms with Crippen molar-refractivity contribution in [3.63, 3.8) is 0 Å². The van der Waals surface area contributed by atoms with Crippen molar-refractivity contribution in [2.45, 2.75) is 32.9 Å². The SMILES string of the molecule is Cc1c(CN2CCC(C(C)O)C2)cccc1[N+](=O)[O-]. The van der Waals surface area contributed by atoms with Gasteiger partial charge in [0.2, 0.25) is 0 Å². The monoisotopic (exact) mass is 264 g/mol. The molecule has 0 spiro atoms. The number of benzene rings is 1. The molecule has 19 heavy (non-hydrogen) atoms. The Labute approximate surface area is 113 Å². The number of nitrogens with zero attached hydrogens (tertiary/aromatic N) is 2. The lowest BCUT2D eigenvalue weighted by Gasteiger charge is -2.18. The highest BCUT2D eigenvalue weighted by Crippen LogP contribution is 2.25. The summed E-state index contributed by atoms with van der Waals surface area (Å²) in [6.45, 7) is 6.15. The van der Waals surface area contributed by atoms with Gasteiger partial charge in [-0.2, -0.15) is 0 Å². The molecule has 0 aliphatic carbocycles. The molecule has 1 saturated heterocycles. The zero-order valence-corrected chi connectivity index (χ0v) is 11.4. The summed E-state index contributed by atoms with van der Waals surface area (Å²) in [5.74, 6) is 0.319. The van der Waals surface area contributed by atoms with E-state index in [0.29, 0.717) is 5.92 Å². The Morgan fingerprint density at radius 2 is 2.32 bits per heavy atom. The number of likely N-dealkylation sites (tertiary alicyclic amines) is 1. The molecule has 0 amide bonds. The van der Waals surface area contributed by atoms with Crippen LogP contribution in [-0.2, 0) is 6.54 Å². The van der Waals surface area contributed by atoms with Crippen LogP contribution in [0.5, 0.6) is 0 Å². The molecule has 1 N–H and O–H groups in total. The summed E-state index contributed by atoms with van der Waals surface area (Å²) in [6, 6.07) is 5.22. The number of nitro groups is 1. The van der Waals surface area contributed by atoms with E-state index in [-0.39, 0.29) is 16.7 Å². The van der Waals surface area contributed by atoms with Gasteiger partial charge in [0.1, 0.15) is 0 Å². The van der Waals surface area contributed by atoms with Gasteiger partial charge >= 0.3 is 0 Å². The van der Waals surface area contributed by atoms with Crippen LogP contribution in [0.4, 0.5) is 5.69 Å². The number of hydrogen-bond acceptors (Lipinski definition) is 4. The maximum atomic E-state index is 10.9. The van der Waals surface area contributed by atoms with Crippen LogP contribution >= 0.6 is 0 Å². The van der Waals surface area contributed by atoms with E-state index in [1.54, 1.807) is 19.1 Å². The van der Waals surface area contributed by atoms with Gasteiger partial charge in [0.25, 0.3) is 5.69 Å². The fourth-order valence-corrected chi connectivity index (χ4v) is 2.68. The minimum Gasteiger partial charge on any atom is -0.393 e. The first-order valence-electron chi connectivity index (χ1n) is 6.62. The lowest BCUT2D eigenvalue weighted by molar-refractivity contribution is -0.385. The summed E-state index contributed by atoms with van der Waals surface area (Å²) in [4.78, 5) is 12.8. The molecule has 1 aromatic rings. The van der Waals surface area contributed by atoms with Crippen molar-refractivity contribution in [1.29, 1.82) is 0 Å². The van der Waals surface area contributed by atoms with Gasteiger partial charge in [-0.05, 0) is 38.3 Å². The largest absolute Gasteiger partial charge is 0.393 e. The van der Waals surface area contributed by atoms with Crippen LogP contribution in [0.15, 0.2) is 18.2 Å². The van der Waals surface area contributed by atoms with E-state index in [2.05, 4.69) is 4.90 Å². The third-order valence-corrected chi connectivity index (χ3v) is 4.00. The van der Waals surface area contributed by atoms with E-state index in [0.717, 1.165) is 37.2 Å². The Balaban J connectivity index is 2.08. The average molecular weight is 264 g/mol. The minimum absolute atomic E-state index is 0.184. The topological polar surface area (TPSA) is 66.6 Å². The zero-order valence-electron chi connectivity index (χ0n) is 11.4. The molecule has 5 heteroatoms. The standard InChI is InChI=1S/C14H20N2O3/c1-10-12(4-3-5-14(10)16(18)19)8-15-7-6-13(9-15)11(2)17/h3-5,11,13,17H,6-9H2,1-2H3. The molecule has 0 radical (unpaired) electrons. The highest BCUT2D eigenvalue weighted by atomic mass is 16.6. The van der Waals surface area contributed by atoms with Gasteiger partial charge in [-0.25, -0.2) is 0 Å². The van der Waals surface area contributed by atoms with Gasteiger partial charge in [-0.3, -0.25) is 15.0 Å². The predicted octanol–water partition coefficient (Wildman–Crippen LogP) is 2.11. The normalized spacial score (nSPS) is 21.5. The van der Waals surface area contributed by atoms with E-state index in [1.807, 2.05) is 13.0 Å². The first-order chi connectivity index (χ1) is 8.99. The van der Waals surface area contributed by atoms with E-state index in [1.165, 1.54) is 0 Å². The quantitative estimate of drug-likeness (QED) is 0.668. The molecule has 5 nitrogen and oxygen atoms in total. The van der Waals surface area contributed by atoms with E-state index >= 15 is 0 Å². The maximum Gasteiger partial charge on any atom is 0.272 e. The second-order valence-corrected chi connectivity index (χ2v) is 5.34. The molecular weight excluding hydrogens is 244 g/mol. The molecule has 1 aliphatic rings. The number of rotatable bonds is 4. The molecule has 104 valence electrons. The van der Waals surface area contributed by atoms with Crippen LogP contribution in [0.1, 0.15) is 24.5 Å². The molecule has 0 bridgehead atoms. The lowest BCUT2D eigenvalue weighted by Crippen LogP contribution is -2.24. The highest BCUT2D eigenvalue weighted by molar-refractivity contribution is 5.44. The third kappa shape index (κ3) is 3.11. The Bertz CT molecular complexity index is 474. The zero-order chi connectivity index (χ0) is 14.0. The van der Waals surface area contributed by atoms with Gasteiger partial charge in [0.05, 0.1) is 11.0 Å². The van der Waals surface area contributed by atoms with Crippen molar-refractivity contribution in [3.05, 3.63) is 39.4 Å². The van der Waals surface area contributed by atoms with Crippen molar-refractivity contribution < 1.29 is 10.0 Å². The summed E-state index contributed by atoms with van der Waals surface area (Å²) in [5, 5.41) is 20.5. The van der Waals surface area contributed by atoms with Crippen molar-refractivity contribution in [3.8, 4) is 0 Å². The first kappa shape index (κ1) is 14.0. The second kappa shape index (κ2) is 5.67. The fraction of sp³-hybridized carbons (Fsp3) is 0.571. The summed E-state index contributed by atoms with van der Waals surface area (Å²) in [7, 11) is 0. The average Bonchev–Trinajstić information content (AvgIpc) is 2.80. The summed E-state index contributed by atoms with van der Waals surface area (Å²) < 4.78 is 0. The summed E-state index contributed by atoms with van der Waals surface area (Å²) in [6.07, 6.45) is 0.710.